The third-order valence-corrected chi connectivity index (χ3v) is 6.34. The van der Waals surface area contributed by atoms with Crippen molar-refractivity contribution in [3.8, 4) is 11.5 Å². The Bertz CT molecular complexity index is 932. The molecular weight excluding hydrogens is 423 g/mol. The van der Waals surface area contributed by atoms with Gasteiger partial charge in [0.05, 0.1) is 12.8 Å². The maximum Gasteiger partial charge on any atom is 0.434 e. The van der Waals surface area contributed by atoms with Crippen molar-refractivity contribution in [3.63, 3.8) is 0 Å². The Morgan fingerprint density at radius 2 is 1.28 bits per heavy atom. The Balaban J connectivity index is 2.46. The van der Waals surface area contributed by atoms with Crippen molar-refractivity contribution in [2.75, 3.05) is 12.8 Å². The average molecular weight is 459 g/mol. The fourth-order valence-corrected chi connectivity index (χ4v) is 4.66. The molecule has 0 atom stereocenters. The molecule has 0 aliphatic heterocycles. The quantitative estimate of drug-likeness (QED) is 0.241. The molecule has 0 aliphatic rings. The van der Waals surface area contributed by atoms with Crippen LogP contribution in [0.25, 0.3) is 0 Å². The van der Waals surface area contributed by atoms with Gasteiger partial charge in [0, 0.05) is 17.2 Å². The second-order valence-electron chi connectivity index (χ2n) is 9.62. The molecule has 0 aliphatic carbocycles. The summed E-state index contributed by atoms with van der Waals surface area (Å²) in [7, 11) is -3.73. The molecule has 0 N–H and O–H groups in total. The second kappa shape index (κ2) is 10.4. The molecule has 2 rings (SSSR count). The molecule has 6 heteroatoms. The first-order valence-electron chi connectivity index (χ1n) is 10.9. The van der Waals surface area contributed by atoms with Crippen LogP contribution in [-0.4, -0.2) is 18.7 Å². The Labute approximate surface area is 192 Å². The maximum absolute atomic E-state index is 14.0. The van der Waals surface area contributed by atoms with Gasteiger partial charge in [0.2, 0.25) is 0 Å². The zero-order valence-electron chi connectivity index (χ0n) is 20.2. The standard InChI is InChI=1S/C26H35O5P/c1-8-29-24(27)18-13-19-32(28,30-22-16-11-9-14-20(22)25(2,3)4)31-23-17-12-10-15-21(23)26(5,6)7/h9-18H,8,19H2,1-7H3/b18-13+. The Hall–Kier alpha value is -2.52. The normalized spacial score (nSPS) is 12.6. The predicted molar refractivity (Wildman–Crippen MR) is 130 cm³/mol. The molecular formula is C26H35O5P. The molecule has 5 nitrogen and oxygen atoms in total. The molecule has 0 radical (unpaired) electrons. The van der Waals surface area contributed by atoms with Gasteiger partial charge < -0.3 is 13.8 Å². The third kappa shape index (κ3) is 7.27. The Morgan fingerprint density at radius 3 is 1.69 bits per heavy atom. The van der Waals surface area contributed by atoms with Crippen molar-refractivity contribution in [1.29, 1.82) is 0 Å². The number of para-hydroxylation sites is 2. The van der Waals surface area contributed by atoms with Crippen molar-refractivity contribution < 1.29 is 23.1 Å². The minimum absolute atomic E-state index is 0.0806. The van der Waals surface area contributed by atoms with E-state index >= 15 is 0 Å². The van der Waals surface area contributed by atoms with Crippen LogP contribution in [0.15, 0.2) is 60.7 Å². The van der Waals surface area contributed by atoms with E-state index in [4.69, 9.17) is 13.8 Å². The zero-order valence-corrected chi connectivity index (χ0v) is 21.1. The second-order valence-corrected chi connectivity index (χ2v) is 11.6. The van der Waals surface area contributed by atoms with E-state index in [9.17, 15) is 9.36 Å². The first-order chi connectivity index (χ1) is 14.9. The summed E-state index contributed by atoms with van der Waals surface area (Å²) in [4.78, 5) is 11.7. The van der Waals surface area contributed by atoms with Crippen LogP contribution in [0.4, 0.5) is 0 Å². The van der Waals surface area contributed by atoms with Gasteiger partial charge in [0.1, 0.15) is 11.5 Å². The fraction of sp³-hybridized carbons (Fsp3) is 0.423. The van der Waals surface area contributed by atoms with E-state index in [0.29, 0.717) is 11.5 Å². The molecule has 2 aromatic rings. The Kier molecular flexibility index (Phi) is 8.36. The van der Waals surface area contributed by atoms with Crippen molar-refractivity contribution in [2.24, 2.45) is 0 Å². The van der Waals surface area contributed by atoms with Gasteiger partial charge in [-0.2, -0.15) is 0 Å². The predicted octanol–water partition coefficient (Wildman–Crippen LogP) is 7.05. The van der Waals surface area contributed by atoms with E-state index in [-0.39, 0.29) is 23.6 Å². The van der Waals surface area contributed by atoms with Crippen LogP contribution in [0.1, 0.15) is 59.6 Å². The largest absolute Gasteiger partial charge is 0.463 e. The van der Waals surface area contributed by atoms with Crippen LogP contribution in [0, 0.1) is 0 Å². The van der Waals surface area contributed by atoms with Gasteiger partial charge in [-0.3, -0.25) is 0 Å². The van der Waals surface area contributed by atoms with Crippen LogP contribution in [0.2, 0.25) is 0 Å². The molecule has 0 saturated carbocycles. The van der Waals surface area contributed by atoms with Gasteiger partial charge in [0.15, 0.2) is 0 Å². The molecule has 0 amide bonds. The smallest absolute Gasteiger partial charge is 0.434 e. The Morgan fingerprint density at radius 1 is 0.844 bits per heavy atom. The lowest BCUT2D eigenvalue weighted by Crippen LogP contribution is -2.16. The first-order valence-corrected chi connectivity index (χ1v) is 12.6. The van der Waals surface area contributed by atoms with Gasteiger partial charge in [-0.1, -0.05) is 84.0 Å². The number of benzene rings is 2. The zero-order chi connectivity index (χ0) is 24.0. The van der Waals surface area contributed by atoms with E-state index in [1.54, 1.807) is 19.1 Å². The van der Waals surface area contributed by atoms with Gasteiger partial charge >= 0.3 is 13.6 Å². The number of hydrogen-bond acceptors (Lipinski definition) is 5. The molecule has 0 spiro atoms. The molecule has 0 saturated heterocycles. The minimum Gasteiger partial charge on any atom is -0.463 e. The summed E-state index contributed by atoms with van der Waals surface area (Å²) < 4.78 is 31.1. The number of carbonyl (C=O) groups excluding carboxylic acids is 1. The van der Waals surface area contributed by atoms with Gasteiger partial charge in [-0.05, 0) is 29.9 Å². The van der Waals surface area contributed by atoms with Crippen LogP contribution < -0.4 is 9.05 Å². The van der Waals surface area contributed by atoms with Crippen LogP contribution in [0.3, 0.4) is 0 Å². The number of esters is 1. The summed E-state index contributed by atoms with van der Waals surface area (Å²) in [6, 6.07) is 15.0. The number of ether oxygens (including phenoxy) is 1. The van der Waals surface area contributed by atoms with E-state index in [1.165, 1.54) is 12.2 Å². The highest BCUT2D eigenvalue weighted by molar-refractivity contribution is 7.54. The van der Waals surface area contributed by atoms with Gasteiger partial charge in [-0.25, -0.2) is 9.36 Å². The highest BCUT2D eigenvalue weighted by Gasteiger charge is 2.32. The van der Waals surface area contributed by atoms with Crippen molar-refractivity contribution in [3.05, 3.63) is 71.8 Å². The number of hydrogen-bond donors (Lipinski definition) is 0. The lowest BCUT2D eigenvalue weighted by atomic mass is 9.86. The van der Waals surface area contributed by atoms with E-state index in [1.807, 2.05) is 36.4 Å². The third-order valence-electron chi connectivity index (χ3n) is 4.73. The number of allylic oxidation sites excluding steroid dienone is 1. The molecule has 174 valence electrons. The SMILES string of the molecule is CCOC(=O)/C=C/CP(=O)(Oc1ccccc1C(C)(C)C)Oc1ccccc1C(C)(C)C. The molecule has 32 heavy (non-hydrogen) atoms. The number of carbonyl (C=O) groups is 1. The molecule has 0 aromatic heterocycles. The van der Waals surface area contributed by atoms with Gasteiger partial charge in [0.25, 0.3) is 0 Å². The van der Waals surface area contributed by atoms with Gasteiger partial charge in [-0.15, -0.1) is 0 Å². The van der Waals surface area contributed by atoms with E-state index in [0.717, 1.165) is 11.1 Å². The minimum atomic E-state index is -3.73. The van der Waals surface area contributed by atoms with Crippen molar-refractivity contribution in [2.45, 2.75) is 59.3 Å². The first kappa shape index (κ1) is 25.7. The molecule has 0 unspecified atom stereocenters. The van der Waals surface area contributed by atoms with Crippen molar-refractivity contribution >= 4 is 13.6 Å². The van der Waals surface area contributed by atoms with E-state index < -0.39 is 13.6 Å². The number of rotatable bonds is 8. The summed E-state index contributed by atoms with van der Waals surface area (Å²) in [5, 5.41) is 0. The highest BCUT2D eigenvalue weighted by atomic mass is 31.2. The highest BCUT2D eigenvalue weighted by Crippen LogP contribution is 2.52. The summed E-state index contributed by atoms with van der Waals surface area (Å²) in [5.74, 6) is 0.506. The summed E-state index contributed by atoms with van der Waals surface area (Å²) >= 11 is 0. The fourth-order valence-electron chi connectivity index (χ4n) is 3.19. The topological polar surface area (TPSA) is 61.8 Å². The summed E-state index contributed by atoms with van der Waals surface area (Å²) in [6.07, 6.45) is 2.66. The van der Waals surface area contributed by atoms with Crippen molar-refractivity contribution in [1.82, 2.24) is 0 Å². The summed E-state index contributed by atoms with van der Waals surface area (Å²) in [6.45, 7) is 14.4. The lowest BCUT2D eigenvalue weighted by molar-refractivity contribution is -0.137. The monoisotopic (exact) mass is 458 g/mol. The molecule has 0 fully saturated rings. The molecule has 0 heterocycles. The molecule has 0 bridgehead atoms. The maximum atomic E-state index is 14.0. The lowest BCUT2D eigenvalue weighted by Gasteiger charge is -2.28. The average Bonchev–Trinajstić information content (AvgIpc) is 2.67. The van der Waals surface area contributed by atoms with E-state index in [2.05, 4.69) is 41.5 Å². The van der Waals surface area contributed by atoms with Crippen LogP contribution >= 0.6 is 7.60 Å². The molecule has 2 aromatic carbocycles. The van der Waals surface area contributed by atoms with Crippen LogP contribution in [0.5, 0.6) is 11.5 Å². The summed E-state index contributed by atoms with van der Waals surface area (Å²) in [5.41, 5.74) is 1.40. The van der Waals surface area contributed by atoms with Crippen LogP contribution in [-0.2, 0) is 24.9 Å².